The van der Waals surface area contributed by atoms with Gasteiger partial charge < -0.3 is 14.8 Å². The number of nitro groups is 1. The van der Waals surface area contributed by atoms with Gasteiger partial charge in [0.25, 0.3) is 11.6 Å². The molecule has 7 heteroatoms. The van der Waals surface area contributed by atoms with Crippen molar-refractivity contribution in [3.63, 3.8) is 0 Å². The summed E-state index contributed by atoms with van der Waals surface area (Å²) in [6.07, 6.45) is 0. The predicted molar refractivity (Wildman–Crippen MR) is 85.3 cm³/mol. The lowest BCUT2D eigenvalue weighted by Crippen LogP contribution is -2.13. The van der Waals surface area contributed by atoms with E-state index in [2.05, 4.69) is 5.32 Å². The Bertz CT molecular complexity index is 758. The van der Waals surface area contributed by atoms with Crippen LogP contribution >= 0.6 is 0 Å². The van der Waals surface area contributed by atoms with Gasteiger partial charge in [-0.05, 0) is 31.2 Å². The Morgan fingerprint density at radius 2 is 1.83 bits per heavy atom. The van der Waals surface area contributed by atoms with Gasteiger partial charge >= 0.3 is 0 Å². The zero-order valence-corrected chi connectivity index (χ0v) is 13.0. The van der Waals surface area contributed by atoms with Crippen LogP contribution in [0.5, 0.6) is 11.5 Å². The predicted octanol–water partition coefficient (Wildman–Crippen LogP) is 3.17. The SMILES string of the molecule is COc1ccc(C(=O)Nc2cccc([N+](=O)[O-])c2C)cc1OC. The monoisotopic (exact) mass is 316 g/mol. The molecule has 0 saturated carbocycles. The van der Waals surface area contributed by atoms with Crippen molar-refractivity contribution in [2.75, 3.05) is 19.5 Å². The number of carbonyl (C=O) groups is 1. The second-order valence-corrected chi connectivity index (χ2v) is 4.73. The van der Waals surface area contributed by atoms with Gasteiger partial charge in [0.05, 0.1) is 30.4 Å². The topological polar surface area (TPSA) is 90.7 Å². The summed E-state index contributed by atoms with van der Waals surface area (Å²) < 4.78 is 10.3. The van der Waals surface area contributed by atoms with E-state index in [1.807, 2.05) is 0 Å². The normalized spacial score (nSPS) is 10.0. The Morgan fingerprint density at radius 1 is 1.13 bits per heavy atom. The van der Waals surface area contributed by atoms with Crippen molar-refractivity contribution >= 4 is 17.3 Å². The number of nitrogens with zero attached hydrogens (tertiary/aromatic N) is 1. The van der Waals surface area contributed by atoms with Crippen LogP contribution in [0.3, 0.4) is 0 Å². The van der Waals surface area contributed by atoms with E-state index in [0.29, 0.717) is 28.3 Å². The number of rotatable bonds is 5. The second kappa shape index (κ2) is 6.78. The molecule has 0 fully saturated rings. The van der Waals surface area contributed by atoms with Crippen molar-refractivity contribution in [3.8, 4) is 11.5 Å². The molecule has 0 aliphatic heterocycles. The molecule has 23 heavy (non-hydrogen) atoms. The van der Waals surface area contributed by atoms with E-state index in [-0.39, 0.29) is 5.69 Å². The highest BCUT2D eigenvalue weighted by atomic mass is 16.6. The quantitative estimate of drug-likeness (QED) is 0.676. The molecule has 0 aliphatic carbocycles. The lowest BCUT2D eigenvalue weighted by Gasteiger charge is -2.11. The summed E-state index contributed by atoms with van der Waals surface area (Å²) in [6, 6.07) is 9.27. The van der Waals surface area contributed by atoms with E-state index in [9.17, 15) is 14.9 Å². The van der Waals surface area contributed by atoms with Crippen LogP contribution in [-0.4, -0.2) is 25.1 Å². The van der Waals surface area contributed by atoms with Gasteiger partial charge in [-0.2, -0.15) is 0 Å². The molecule has 2 rings (SSSR count). The second-order valence-electron chi connectivity index (χ2n) is 4.73. The Hall–Kier alpha value is -3.09. The molecule has 0 heterocycles. The number of hydrogen-bond donors (Lipinski definition) is 1. The van der Waals surface area contributed by atoms with Crippen molar-refractivity contribution in [1.29, 1.82) is 0 Å². The van der Waals surface area contributed by atoms with Crippen molar-refractivity contribution < 1.29 is 19.2 Å². The van der Waals surface area contributed by atoms with E-state index >= 15 is 0 Å². The molecule has 2 aromatic carbocycles. The fourth-order valence-electron chi connectivity index (χ4n) is 2.13. The van der Waals surface area contributed by atoms with Gasteiger partial charge in [0.15, 0.2) is 11.5 Å². The zero-order chi connectivity index (χ0) is 17.0. The standard InChI is InChI=1S/C16H16N2O5/c1-10-12(5-4-6-13(10)18(20)21)17-16(19)11-7-8-14(22-2)15(9-11)23-3/h4-9H,1-3H3,(H,17,19). The van der Waals surface area contributed by atoms with Crippen LogP contribution in [0.4, 0.5) is 11.4 Å². The highest BCUT2D eigenvalue weighted by molar-refractivity contribution is 6.05. The molecule has 2 aromatic rings. The van der Waals surface area contributed by atoms with Crippen LogP contribution in [-0.2, 0) is 0 Å². The summed E-state index contributed by atoms with van der Waals surface area (Å²) in [6.45, 7) is 1.59. The fourth-order valence-corrected chi connectivity index (χ4v) is 2.13. The Labute approximate surface area is 133 Å². The van der Waals surface area contributed by atoms with E-state index < -0.39 is 10.8 Å². The van der Waals surface area contributed by atoms with Gasteiger partial charge in [-0.3, -0.25) is 14.9 Å². The number of nitrogens with one attached hydrogen (secondary N) is 1. The minimum Gasteiger partial charge on any atom is -0.493 e. The summed E-state index contributed by atoms with van der Waals surface area (Å²) in [7, 11) is 2.98. The first-order valence-corrected chi connectivity index (χ1v) is 6.75. The van der Waals surface area contributed by atoms with Crippen LogP contribution in [0.25, 0.3) is 0 Å². The van der Waals surface area contributed by atoms with Crippen LogP contribution in [0.1, 0.15) is 15.9 Å². The minimum absolute atomic E-state index is 0.0462. The van der Waals surface area contributed by atoms with E-state index in [4.69, 9.17) is 9.47 Å². The minimum atomic E-state index is -0.485. The summed E-state index contributed by atoms with van der Waals surface area (Å²) in [5.41, 5.74) is 1.09. The largest absolute Gasteiger partial charge is 0.493 e. The average molecular weight is 316 g/mol. The summed E-state index contributed by atoms with van der Waals surface area (Å²) in [5.74, 6) is 0.543. The molecule has 7 nitrogen and oxygen atoms in total. The third-order valence-electron chi connectivity index (χ3n) is 3.40. The number of amides is 1. The molecule has 120 valence electrons. The number of hydrogen-bond acceptors (Lipinski definition) is 5. The van der Waals surface area contributed by atoms with E-state index in [1.54, 1.807) is 31.2 Å². The third-order valence-corrected chi connectivity index (χ3v) is 3.40. The zero-order valence-electron chi connectivity index (χ0n) is 13.0. The average Bonchev–Trinajstić information content (AvgIpc) is 2.55. The van der Waals surface area contributed by atoms with Gasteiger partial charge in [0.1, 0.15) is 0 Å². The van der Waals surface area contributed by atoms with E-state index in [0.717, 1.165) is 0 Å². The number of carbonyl (C=O) groups excluding carboxylic acids is 1. The molecule has 0 spiro atoms. The molecule has 1 amide bonds. The molecule has 0 bridgehead atoms. The highest BCUT2D eigenvalue weighted by Gasteiger charge is 2.16. The lowest BCUT2D eigenvalue weighted by molar-refractivity contribution is -0.385. The molecule has 0 aliphatic rings. The molecule has 1 N–H and O–H groups in total. The van der Waals surface area contributed by atoms with Gasteiger partial charge in [-0.1, -0.05) is 6.07 Å². The van der Waals surface area contributed by atoms with Gasteiger partial charge in [0, 0.05) is 11.6 Å². The first-order valence-electron chi connectivity index (χ1n) is 6.75. The number of methoxy groups -OCH3 is 2. The van der Waals surface area contributed by atoms with Crippen LogP contribution in [0.2, 0.25) is 0 Å². The molecular formula is C16H16N2O5. The summed E-state index contributed by atoms with van der Waals surface area (Å²) in [4.78, 5) is 22.8. The van der Waals surface area contributed by atoms with Crippen molar-refractivity contribution in [2.45, 2.75) is 6.92 Å². The molecule has 0 aromatic heterocycles. The summed E-state index contributed by atoms with van der Waals surface area (Å²) >= 11 is 0. The smallest absolute Gasteiger partial charge is 0.274 e. The third kappa shape index (κ3) is 3.39. The Balaban J connectivity index is 2.29. The van der Waals surface area contributed by atoms with Gasteiger partial charge in [0.2, 0.25) is 0 Å². The maximum absolute atomic E-state index is 12.3. The van der Waals surface area contributed by atoms with Gasteiger partial charge in [-0.25, -0.2) is 0 Å². The maximum atomic E-state index is 12.3. The number of benzene rings is 2. The first kappa shape index (κ1) is 16.3. The van der Waals surface area contributed by atoms with Crippen molar-refractivity contribution in [1.82, 2.24) is 0 Å². The van der Waals surface area contributed by atoms with Crippen LogP contribution in [0, 0.1) is 17.0 Å². The fraction of sp³-hybridized carbons (Fsp3) is 0.188. The number of nitro benzene ring substituents is 1. The number of ether oxygens (including phenoxy) is 2. The molecule has 0 unspecified atom stereocenters. The van der Waals surface area contributed by atoms with Crippen LogP contribution < -0.4 is 14.8 Å². The van der Waals surface area contributed by atoms with E-state index in [1.165, 1.54) is 26.4 Å². The molecule has 0 radical (unpaired) electrons. The highest BCUT2D eigenvalue weighted by Crippen LogP contribution is 2.29. The maximum Gasteiger partial charge on any atom is 0.274 e. The van der Waals surface area contributed by atoms with Crippen LogP contribution in [0.15, 0.2) is 36.4 Å². The van der Waals surface area contributed by atoms with Crippen molar-refractivity contribution in [2.24, 2.45) is 0 Å². The number of anilines is 1. The van der Waals surface area contributed by atoms with Gasteiger partial charge in [-0.15, -0.1) is 0 Å². The lowest BCUT2D eigenvalue weighted by atomic mass is 10.1. The Kier molecular flexibility index (Phi) is 4.80. The molecule has 0 saturated heterocycles. The van der Waals surface area contributed by atoms with Crippen molar-refractivity contribution in [3.05, 3.63) is 57.6 Å². The summed E-state index contributed by atoms with van der Waals surface area (Å²) in [5, 5.41) is 13.6. The molecular weight excluding hydrogens is 300 g/mol. The first-order chi connectivity index (χ1) is 11.0. The Morgan fingerprint density at radius 3 is 2.43 bits per heavy atom. The molecule has 0 atom stereocenters.